The number of rotatable bonds is 2. The van der Waals surface area contributed by atoms with Crippen LogP contribution in [0, 0.1) is 0 Å². The Labute approximate surface area is 174 Å². The number of hydrogen-bond acceptors (Lipinski definition) is 6. The molecule has 3 aliphatic heterocycles. The number of benzene rings is 1. The Morgan fingerprint density at radius 1 is 1.27 bits per heavy atom. The molecule has 3 aliphatic rings. The first-order valence-corrected chi connectivity index (χ1v) is 10.1. The molecule has 1 saturated heterocycles. The molecule has 1 aromatic heterocycles. The molecule has 0 aliphatic carbocycles. The molecule has 1 atom stereocenters. The number of carbonyl (C=O) groups excluding carboxylic acids is 2. The fraction of sp³-hybridized carbons (Fsp3) is 0.409. The van der Waals surface area contributed by atoms with E-state index in [0.717, 1.165) is 24.0 Å². The van der Waals surface area contributed by atoms with E-state index in [9.17, 15) is 9.59 Å². The standard InChI is InChI=1S/C22H23N3O5/c1-25-18-4-2-3-5-19(18)29-13-17(21(25)27)24-20(26)16-10-15-14(11-23-16)12-30-22(15)6-8-28-9-7-22/h2-5,10-11,17H,6-9,12-13H2,1H3,(H,24,26). The first-order chi connectivity index (χ1) is 14.6. The summed E-state index contributed by atoms with van der Waals surface area (Å²) in [6.07, 6.45) is 3.20. The summed E-state index contributed by atoms with van der Waals surface area (Å²) in [5.74, 6) is -0.0359. The molecule has 0 saturated carbocycles. The zero-order chi connectivity index (χ0) is 20.7. The first kappa shape index (κ1) is 19.0. The topological polar surface area (TPSA) is 90.0 Å². The highest BCUT2D eigenvalue weighted by Gasteiger charge is 2.42. The van der Waals surface area contributed by atoms with E-state index in [0.29, 0.717) is 31.3 Å². The quantitative estimate of drug-likeness (QED) is 0.813. The Bertz CT molecular complexity index is 997. The molecule has 5 rings (SSSR count). The smallest absolute Gasteiger partial charge is 0.270 e. The molecular formula is C22H23N3O5. The molecule has 8 heteroatoms. The number of para-hydroxylation sites is 2. The predicted molar refractivity (Wildman–Crippen MR) is 107 cm³/mol. The Morgan fingerprint density at radius 2 is 2.07 bits per heavy atom. The Hall–Kier alpha value is -2.97. The molecule has 1 aromatic carbocycles. The number of nitrogens with zero attached hydrogens (tertiary/aromatic N) is 2. The maximum Gasteiger partial charge on any atom is 0.270 e. The minimum Gasteiger partial charge on any atom is -0.489 e. The summed E-state index contributed by atoms with van der Waals surface area (Å²) in [5, 5.41) is 2.79. The second kappa shape index (κ2) is 7.37. The summed E-state index contributed by atoms with van der Waals surface area (Å²) in [6.45, 7) is 1.80. The van der Waals surface area contributed by atoms with Crippen LogP contribution in [0.1, 0.15) is 34.5 Å². The van der Waals surface area contributed by atoms with E-state index < -0.39 is 17.6 Å². The average Bonchev–Trinajstić information content (AvgIpc) is 3.07. The van der Waals surface area contributed by atoms with Crippen molar-refractivity contribution in [2.75, 3.05) is 31.8 Å². The van der Waals surface area contributed by atoms with Crippen molar-refractivity contribution < 1.29 is 23.8 Å². The van der Waals surface area contributed by atoms with Gasteiger partial charge in [0.25, 0.3) is 11.8 Å². The lowest BCUT2D eigenvalue weighted by Crippen LogP contribution is -2.49. The first-order valence-electron chi connectivity index (χ1n) is 10.1. The molecule has 8 nitrogen and oxygen atoms in total. The van der Waals surface area contributed by atoms with Crippen LogP contribution in [0.4, 0.5) is 5.69 Å². The second-order valence-corrected chi connectivity index (χ2v) is 7.82. The minimum atomic E-state index is -0.807. The molecule has 0 bridgehead atoms. The van der Waals surface area contributed by atoms with Gasteiger partial charge in [0.1, 0.15) is 24.1 Å². The van der Waals surface area contributed by atoms with Crippen LogP contribution in [-0.2, 0) is 26.5 Å². The summed E-state index contributed by atoms with van der Waals surface area (Å²) in [5.41, 5.74) is 2.53. The number of hydrogen-bond donors (Lipinski definition) is 1. The van der Waals surface area contributed by atoms with E-state index in [-0.39, 0.29) is 18.2 Å². The molecule has 30 heavy (non-hydrogen) atoms. The van der Waals surface area contributed by atoms with E-state index in [1.54, 1.807) is 25.4 Å². The number of carbonyl (C=O) groups is 2. The Morgan fingerprint density at radius 3 is 2.90 bits per heavy atom. The highest BCUT2D eigenvalue weighted by Crippen LogP contribution is 2.43. The van der Waals surface area contributed by atoms with Gasteiger partial charge in [-0.05, 0) is 23.8 Å². The van der Waals surface area contributed by atoms with Crippen LogP contribution in [0.15, 0.2) is 36.5 Å². The molecule has 1 unspecified atom stereocenters. The lowest BCUT2D eigenvalue weighted by atomic mass is 9.86. The number of likely N-dealkylation sites (N-methyl/N-ethyl adjacent to an activating group) is 1. The third-order valence-corrected chi connectivity index (χ3v) is 6.08. The van der Waals surface area contributed by atoms with Crippen molar-refractivity contribution in [1.29, 1.82) is 0 Å². The maximum absolute atomic E-state index is 13.0. The van der Waals surface area contributed by atoms with Crippen molar-refractivity contribution in [3.8, 4) is 5.75 Å². The molecule has 1 spiro atoms. The number of amides is 2. The van der Waals surface area contributed by atoms with Gasteiger partial charge in [-0.15, -0.1) is 0 Å². The second-order valence-electron chi connectivity index (χ2n) is 7.82. The van der Waals surface area contributed by atoms with Gasteiger partial charge in [-0.25, -0.2) is 0 Å². The minimum absolute atomic E-state index is 0.0568. The molecule has 1 N–H and O–H groups in total. The summed E-state index contributed by atoms with van der Waals surface area (Å²) in [7, 11) is 1.68. The van der Waals surface area contributed by atoms with Gasteiger partial charge in [0.05, 0.1) is 17.9 Å². The van der Waals surface area contributed by atoms with Crippen molar-refractivity contribution in [1.82, 2.24) is 10.3 Å². The SMILES string of the molecule is CN1C(=O)C(NC(=O)c2cc3c(cn2)COC32CCOCC2)COc2ccccc21. The van der Waals surface area contributed by atoms with Gasteiger partial charge < -0.3 is 24.4 Å². The third kappa shape index (κ3) is 3.12. The fourth-order valence-corrected chi connectivity index (χ4v) is 4.34. The zero-order valence-electron chi connectivity index (χ0n) is 16.7. The number of nitrogens with one attached hydrogen (secondary N) is 1. The van der Waals surface area contributed by atoms with Crippen LogP contribution in [-0.4, -0.2) is 49.7 Å². The van der Waals surface area contributed by atoms with Gasteiger partial charge >= 0.3 is 0 Å². The van der Waals surface area contributed by atoms with Crippen LogP contribution >= 0.6 is 0 Å². The number of fused-ring (bicyclic) bond motifs is 3. The van der Waals surface area contributed by atoms with Gasteiger partial charge in [-0.3, -0.25) is 14.6 Å². The lowest BCUT2D eigenvalue weighted by molar-refractivity contribution is -0.120. The van der Waals surface area contributed by atoms with Crippen LogP contribution in [0.25, 0.3) is 0 Å². The van der Waals surface area contributed by atoms with Crippen molar-refractivity contribution in [2.45, 2.75) is 31.1 Å². The lowest BCUT2D eigenvalue weighted by Gasteiger charge is -2.33. The zero-order valence-corrected chi connectivity index (χ0v) is 16.7. The summed E-state index contributed by atoms with van der Waals surface area (Å²) < 4.78 is 17.3. The highest BCUT2D eigenvalue weighted by atomic mass is 16.5. The highest BCUT2D eigenvalue weighted by molar-refractivity contribution is 6.02. The van der Waals surface area contributed by atoms with Crippen LogP contribution in [0.5, 0.6) is 5.75 Å². The predicted octanol–water partition coefficient (Wildman–Crippen LogP) is 1.77. The van der Waals surface area contributed by atoms with Crippen molar-refractivity contribution in [3.63, 3.8) is 0 Å². The van der Waals surface area contributed by atoms with Crippen LogP contribution < -0.4 is 15.0 Å². The van der Waals surface area contributed by atoms with Gasteiger partial charge in [-0.1, -0.05) is 12.1 Å². The normalized spacial score (nSPS) is 22.1. The van der Waals surface area contributed by atoms with E-state index in [4.69, 9.17) is 14.2 Å². The number of aromatic nitrogens is 1. The van der Waals surface area contributed by atoms with E-state index in [2.05, 4.69) is 10.3 Å². The monoisotopic (exact) mass is 409 g/mol. The maximum atomic E-state index is 13.0. The summed E-state index contributed by atoms with van der Waals surface area (Å²) in [6, 6.07) is 8.29. The van der Waals surface area contributed by atoms with Crippen molar-refractivity contribution in [3.05, 3.63) is 53.3 Å². The van der Waals surface area contributed by atoms with Gasteiger partial charge in [-0.2, -0.15) is 0 Å². The van der Waals surface area contributed by atoms with E-state index >= 15 is 0 Å². The van der Waals surface area contributed by atoms with Crippen molar-refractivity contribution in [2.24, 2.45) is 0 Å². The Kier molecular flexibility index (Phi) is 4.67. The van der Waals surface area contributed by atoms with Gasteiger partial charge in [0, 0.05) is 44.9 Å². The van der Waals surface area contributed by atoms with Crippen LogP contribution in [0.2, 0.25) is 0 Å². The van der Waals surface area contributed by atoms with E-state index in [1.807, 2.05) is 18.2 Å². The Balaban J connectivity index is 1.36. The van der Waals surface area contributed by atoms with Crippen LogP contribution in [0.3, 0.4) is 0 Å². The van der Waals surface area contributed by atoms with Gasteiger partial charge in [0.15, 0.2) is 0 Å². The van der Waals surface area contributed by atoms with Crippen molar-refractivity contribution >= 4 is 17.5 Å². The summed E-state index contributed by atoms with van der Waals surface area (Å²) >= 11 is 0. The third-order valence-electron chi connectivity index (χ3n) is 6.08. The van der Waals surface area contributed by atoms with Gasteiger partial charge in [0.2, 0.25) is 0 Å². The number of anilines is 1. The number of ether oxygens (including phenoxy) is 3. The molecule has 4 heterocycles. The molecule has 1 fully saturated rings. The largest absolute Gasteiger partial charge is 0.489 e. The average molecular weight is 409 g/mol. The molecule has 0 radical (unpaired) electrons. The molecular weight excluding hydrogens is 386 g/mol. The molecule has 2 aromatic rings. The summed E-state index contributed by atoms with van der Waals surface area (Å²) in [4.78, 5) is 31.7. The fourth-order valence-electron chi connectivity index (χ4n) is 4.34. The molecule has 156 valence electrons. The number of pyridine rings is 1. The molecule has 2 amide bonds. The van der Waals surface area contributed by atoms with E-state index in [1.165, 1.54) is 4.90 Å².